The Balaban J connectivity index is 1.37. The minimum atomic E-state index is -3.52. The van der Waals surface area contributed by atoms with Crippen LogP contribution in [0.3, 0.4) is 0 Å². The molecular weight excluding hydrogens is 498 g/mol. The lowest BCUT2D eigenvalue weighted by molar-refractivity contribution is -0.118. The molecule has 2 aliphatic heterocycles. The van der Waals surface area contributed by atoms with E-state index in [0.717, 1.165) is 78.8 Å². The van der Waals surface area contributed by atoms with Crippen LogP contribution in [-0.4, -0.2) is 74.4 Å². The van der Waals surface area contributed by atoms with Gasteiger partial charge in [0.25, 0.3) is 0 Å². The highest BCUT2D eigenvalue weighted by Gasteiger charge is 2.27. The van der Waals surface area contributed by atoms with Gasteiger partial charge in [0.05, 0.1) is 4.90 Å². The van der Waals surface area contributed by atoms with Gasteiger partial charge in [0.1, 0.15) is 6.04 Å². The van der Waals surface area contributed by atoms with Gasteiger partial charge in [0, 0.05) is 67.7 Å². The van der Waals surface area contributed by atoms with Gasteiger partial charge in [0.15, 0.2) is 0 Å². The van der Waals surface area contributed by atoms with Crippen molar-refractivity contribution in [2.24, 2.45) is 0 Å². The Hall–Kier alpha value is -2.88. The van der Waals surface area contributed by atoms with Gasteiger partial charge in [-0.2, -0.15) is 4.31 Å². The number of fused-ring (bicyclic) bond motifs is 1. The zero-order valence-electron chi connectivity index (χ0n) is 22.9. The molecule has 5 rings (SSSR count). The zero-order valence-corrected chi connectivity index (χ0v) is 23.7. The number of anilines is 2. The number of rotatable bonds is 6. The molecule has 1 atom stereocenters. The molecule has 0 radical (unpaired) electrons. The third-order valence-corrected chi connectivity index (χ3v) is 10.00. The van der Waals surface area contributed by atoms with Crippen molar-refractivity contribution in [1.29, 1.82) is 0 Å². The summed E-state index contributed by atoms with van der Waals surface area (Å²) in [6.45, 7) is 11.0. The third kappa shape index (κ3) is 5.19. The maximum Gasteiger partial charge on any atom is 0.247 e. The van der Waals surface area contributed by atoms with Crippen LogP contribution >= 0.6 is 0 Å². The highest BCUT2D eigenvalue weighted by Crippen LogP contribution is 2.30. The lowest BCUT2D eigenvalue weighted by atomic mass is 10.1. The van der Waals surface area contributed by atoms with E-state index >= 15 is 0 Å². The molecule has 0 aliphatic carbocycles. The lowest BCUT2D eigenvalue weighted by Crippen LogP contribution is -2.44. The molecule has 38 heavy (non-hydrogen) atoms. The quantitative estimate of drug-likeness (QED) is 0.505. The molecular formula is C29H39N5O3S. The number of likely N-dealkylation sites (N-methyl/N-ethyl adjacent to an activating group) is 1. The first-order valence-electron chi connectivity index (χ1n) is 13.6. The highest BCUT2D eigenvalue weighted by molar-refractivity contribution is 7.89. The minimum absolute atomic E-state index is 0.106. The summed E-state index contributed by atoms with van der Waals surface area (Å²) in [5, 5.41) is 4.01. The number of piperidine rings is 1. The topological polar surface area (TPSA) is 77.9 Å². The van der Waals surface area contributed by atoms with Crippen molar-refractivity contribution in [2.75, 3.05) is 56.5 Å². The van der Waals surface area contributed by atoms with Crippen LogP contribution in [0.2, 0.25) is 0 Å². The van der Waals surface area contributed by atoms with Crippen LogP contribution in [0, 0.1) is 13.8 Å². The van der Waals surface area contributed by atoms with Gasteiger partial charge in [-0.25, -0.2) is 8.42 Å². The molecule has 3 heterocycles. The van der Waals surface area contributed by atoms with E-state index in [1.165, 1.54) is 0 Å². The van der Waals surface area contributed by atoms with E-state index in [9.17, 15) is 13.2 Å². The standard InChI is InChI=1S/C29H39N5O3S/c1-21-8-9-24(32-16-14-31(4)15-17-32)18-27(21)30-29(35)23(3)34-20-22(2)26-19-25(10-11-28(26)34)38(36,37)33-12-6-5-7-13-33/h8-11,18-20,23H,5-7,12-17H2,1-4H3,(H,30,35). The van der Waals surface area contributed by atoms with Gasteiger partial charge in [-0.3, -0.25) is 4.79 Å². The average molecular weight is 538 g/mol. The predicted molar refractivity (Wildman–Crippen MR) is 154 cm³/mol. The van der Waals surface area contributed by atoms with E-state index in [1.54, 1.807) is 16.4 Å². The monoisotopic (exact) mass is 537 g/mol. The summed E-state index contributed by atoms with van der Waals surface area (Å²) in [6.07, 6.45) is 4.83. The molecule has 8 nitrogen and oxygen atoms in total. The van der Waals surface area contributed by atoms with E-state index < -0.39 is 16.1 Å². The van der Waals surface area contributed by atoms with Crippen LogP contribution in [0.1, 0.15) is 43.4 Å². The molecule has 2 aromatic carbocycles. The molecule has 2 saturated heterocycles. The Bertz CT molecular complexity index is 1430. The van der Waals surface area contributed by atoms with Crippen LogP contribution < -0.4 is 10.2 Å². The van der Waals surface area contributed by atoms with E-state index in [1.807, 2.05) is 37.6 Å². The highest BCUT2D eigenvalue weighted by atomic mass is 32.2. The Kier molecular flexibility index (Phi) is 7.53. The van der Waals surface area contributed by atoms with Crippen molar-refractivity contribution in [3.8, 4) is 0 Å². The molecule has 0 bridgehead atoms. The van der Waals surface area contributed by atoms with Crippen molar-refractivity contribution in [3.63, 3.8) is 0 Å². The van der Waals surface area contributed by atoms with E-state index in [2.05, 4.69) is 40.4 Å². The fourth-order valence-electron chi connectivity index (χ4n) is 5.51. The smallest absolute Gasteiger partial charge is 0.247 e. The maximum atomic E-state index is 13.4. The number of carbonyl (C=O) groups is 1. The fraction of sp³-hybridized carbons (Fsp3) is 0.483. The Morgan fingerprint density at radius 3 is 2.32 bits per heavy atom. The molecule has 1 amide bonds. The Labute approximate surface area is 226 Å². The first kappa shape index (κ1) is 26.7. The molecule has 1 unspecified atom stereocenters. The van der Waals surface area contributed by atoms with Gasteiger partial charge in [-0.15, -0.1) is 0 Å². The number of carbonyl (C=O) groups excluding carboxylic acids is 1. The van der Waals surface area contributed by atoms with E-state index in [-0.39, 0.29) is 5.91 Å². The SMILES string of the molecule is Cc1ccc(N2CCN(C)CC2)cc1NC(=O)C(C)n1cc(C)c2cc(S(=O)(=O)N3CCCCC3)ccc21. The summed E-state index contributed by atoms with van der Waals surface area (Å²) in [7, 11) is -1.38. The summed E-state index contributed by atoms with van der Waals surface area (Å²) < 4.78 is 30.0. The molecule has 0 spiro atoms. The predicted octanol–water partition coefficient (Wildman–Crippen LogP) is 4.38. The first-order chi connectivity index (χ1) is 18.1. The van der Waals surface area contributed by atoms with Crippen molar-refractivity contribution in [1.82, 2.24) is 13.8 Å². The van der Waals surface area contributed by atoms with Crippen LogP contribution in [0.5, 0.6) is 0 Å². The Morgan fingerprint density at radius 1 is 0.895 bits per heavy atom. The normalized spacial score (nSPS) is 18.6. The summed E-state index contributed by atoms with van der Waals surface area (Å²) in [6, 6.07) is 11.1. The number of nitrogens with one attached hydrogen (secondary N) is 1. The summed E-state index contributed by atoms with van der Waals surface area (Å²) >= 11 is 0. The molecule has 0 saturated carbocycles. The number of nitrogens with zero attached hydrogens (tertiary/aromatic N) is 4. The van der Waals surface area contributed by atoms with Crippen LogP contribution in [0.4, 0.5) is 11.4 Å². The van der Waals surface area contributed by atoms with Gasteiger partial charge in [-0.05, 0) is 82.1 Å². The Morgan fingerprint density at radius 2 is 1.61 bits per heavy atom. The first-order valence-corrected chi connectivity index (χ1v) is 15.1. The molecule has 3 aromatic rings. The van der Waals surface area contributed by atoms with Gasteiger partial charge < -0.3 is 19.7 Å². The van der Waals surface area contributed by atoms with Gasteiger partial charge in [0.2, 0.25) is 15.9 Å². The number of piperazine rings is 1. The largest absolute Gasteiger partial charge is 0.369 e. The van der Waals surface area contributed by atoms with E-state index in [0.29, 0.717) is 18.0 Å². The van der Waals surface area contributed by atoms with Crippen LogP contribution in [0.15, 0.2) is 47.5 Å². The number of benzene rings is 2. The minimum Gasteiger partial charge on any atom is -0.369 e. The second-order valence-corrected chi connectivity index (χ2v) is 12.8. The number of sulfonamides is 1. The molecule has 204 valence electrons. The van der Waals surface area contributed by atoms with Gasteiger partial charge >= 0.3 is 0 Å². The molecule has 1 aromatic heterocycles. The second-order valence-electron chi connectivity index (χ2n) is 10.8. The molecule has 9 heteroatoms. The van der Waals surface area contributed by atoms with Crippen LogP contribution in [0.25, 0.3) is 10.9 Å². The average Bonchev–Trinajstić information content (AvgIpc) is 3.26. The number of hydrogen-bond acceptors (Lipinski definition) is 5. The number of aryl methyl sites for hydroxylation is 2. The fourth-order valence-corrected chi connectivity index (χ4v) is 7.05. The number of aromatic nitrogens is 1. The van der Waals surface area contributed by atoms with Crippen molar-refractivity contribution < 1.29 is 13.2 Å². The number of amides is 1. The summed E-state index contributed by atoms with van der Waals surface area (Å²) in [5.41, 5.74) is 4.76. The third-order valence-electron chi connectivity index (χ3n) is 8.10. The molecule has 1 N–H and O–H groups in total. The maximum absolute atomic E-state index is 13.4. The molecule has 2 aliphatic rings. The van der Waals surface area contributed by atoms with Crippen molar-refractivity contribution >= 4 is 38.2 Å². The molecule has 2 fully saturated rings. The van der Waals surface area contributed by atoms with E-state index in [4.69, 9.17) is 0 Å². The van der Waals surface area contributed by atoms with Gasteiger partial charge in [-0.1, -0.05) is 12.5 Å². The summed E-state index contributed by atoms with van der Waals surface area (Å²) in [5.74, 6) is -0.106. The second kappa shape index (κ2) is 10.7. The van der Waals surface area contributed by atoms with Crippen molar-refractivity contribution in [3.05, 3.63) is 53.7 Å². The summed E-state index contributed by atoms with van der Waals surface area (Å²) in [4.78, 5) is 18.4. The van der Waals surface area contributed by atoms with Crippen LogP contribution in [-0.2, 0) is 14.8 Å². The lowest BCUT2D eigenvalue weighted by Gasteiger charge is -2.34. The zero-order chi connectivity index (χ0) is 27.0. The number of hydrogen-bond donors (Lipinski definition) is 1. The van der Waals surface area contributed by atoms with Crippen molar-refractivity contribution in [2.45, 2.75) is 51.0 Å².